The maximum atomic E-state index is 4.57. The Morgan fingerprint density at radius 1 is 1.08 bits per heavy atom. The average molecular weight is 396 g/mol. The van der Waals surface area contributed by atoms with Crippen molar-refractivity contribution in [1.82, 2.24) is 30.4 Å². The number of aromatic amines is 2. The van der Waals surface area contributed by atoms with E-state index < -0.39 is 0 Å². The highest BCUT2D eigenvalue weighted by Gasteiger charge is 2.13. The zero-order valence-corrected chi connectivity index (χ0v) is 14.7. The summed E-state index contributed by atoms with van der Waals surface area (Å²) < 4.78 is 0.984. The molecule has 25 heavy (non-hydrogen) atoms. The summed E-state index contributed by atoms with van der Waals surface area (Å²) in [4.78, 5) is 8.59. The fourth-order valence-electron chi connectivity index (χ4n) is 2.43. The van der Waals surface area contributed by atoms with Gasteiger partial charge in [0.15, 0.2) is 11.6 Å². The smallest absolute Gasteiger partial charge is 0.181 e. The number of benzene rings is 1. The molecule has 0 aliphatic rings. The molecule has 0 aliphatic carbocycles. The Morgan fingerprint density at radius 3 is 2.80 bits per heavy atom. The van der Waals surface area contributed by atoms with Crippen LogP contribution in [-0.4, -0.2) is 30.4 Å². The van der Waals surface area contributed by atoms with Crippen LogP contribution in [-0.2, 0) is 6.54 Å². The SMILES string of the molecule is Brc1cccc(-c2n[nH]c(-c3[nH]ncc3NCc3ccncc3)n2)c1. The molecule has 0 radical (unpaired) electrons. The number of nitrogens with zero attached hydrogens (tertiary/aromatic N) is 4. The van der Waals surface area contributed by atoms with Crippen LogP contribution in [0.3, 0.4) is 0 Å². The number of H-pyrrole nitrogens is 2. The predicted octanol–water partition coefficient (Wildman–Crippen LogP) is 3.63. The normalized spacial score (nSPS) is 10.8. The van der Waals surface area contributed by atoms with Gasteiger partial charge in [-0.2, -0.15) is 10.2 Å². The summed E-state index contributed by atoms with van der Waals surface area (Å²) in [6, 6.07) is 11.8. The van der Waals surface area contributed by atoms with Crippen molar-refractivity contribution in [3.05, 3.63) is 65.0 Å². The Labute approximate surface area is 152 Å². The minimum atomic E-state index is 0.629. The van der Waals surface area contributed by atoms with E-state index in [4.69, 9.17) is 0 Å². The van der Waals surface area contributed by atoms with Gasteiger partial charge in [-0.25, -0.2) is 4.98 Å². The maximum Gasteiger partial charge on any atom is 0.181 e. The second-order valence-corrected chi connectivity index (χ2v) is 6.30. The highest BCUT2D eigenvalue weighted by Crippen LogP contribution is 2.26. The number of hydrogen-bond donors (Lipinski definition) is 3. The fourth-order valence-corrected chi connectivity index (χ4v) is 2.83. The molecule has 0 aliphatic heterocycles. The van der Waals surface area contributed by atoms with Gasteiger partial charge in [-0.15, -0.1) is 0 Å². The second kappa shape index (κ2) is 6.86. The van der Waals surface area contributed by atoms with E-state index in [1.807, 2.05) is 36.4 Å². The van der Waals surface area contributed by atoms with Crippen molar-refractivity contribution < 1.29 is 0 Å². The van der Waals surface area contributed by atoms with E-state index in [1.165, 1.54) is 0 Å². The maximum absolute atomic E-state index is 4.57. The van der Waals surface area contributed by atoms with Gasteiger partial charge in [0.2, 0.25) is 0 Å². The van der Waals surface area contributed by atoms with Crippen molar-refractivity contribution in [1.29, 1.82) is 0 Å². The van der Waals surface area contributed by atoms with Crippen molar-refractivity contribution >= 4 is 21.6 Å². The lowest BCUT2D eigenvalue weighted by atomic mass is 10.2. The zero-order chi connectivity index (χ0) is 17.1. The van der Waals surface area contributed by atoms with Gasteiger partial charge in [-0.1, -0.05) is 28.1 Å². The van der Waals surface area contributed by atoms with Gasteiger partial charge in [-0.05, 0) is 29.8 Å². The quantitative estimate of drug-likeness (QED) is 0.479. The molecule has 3 aromatic heterocycles. The molecule has 4 aromatic rings. The van der Waals surface area contributed by atoms with Crippen LogP contribution in [0.5, 0.6) is 0 Å². The van der Waals surface area contributed by atoms with Gasteiger partial charge in [0.1, 0.15) is 5.69 Å². The molecule has 8 heteroatoms. The Bertz CT molecular complexity index is 977. The number of halogens is 1. The first-order chi connectivity index (χ1) is 12.3. The van der Waals surface area contributed by atoms with Crippen molar-refractivity contribution in [3.8, 4) is 22.9 Å². The molecule has 0 atom stereocenters. The molecule has 0 fully saturated rings. The molecule has 124 valence electrons. The van der Waals surface area contributed by atoms with Crippen molar-refractivity contribution in [2.45, 2.75) is 6.54 Å². The first-order valence-corrected chi connectivity index (χ1v) is 8.44. The van der Waals surface area contributed by atoms with E-state index in [9.17, 15) is 0 Å². The van der Waals surface area contributed by atoms with Crippen LogP contribution in [0, 0.1) is 0 Å². The van der Waals surface area contributed by atoms with Gasteiger partial charge in [0.25, 0.3) is 0 Å². The molecular formula is C17H14BrN7. The fraction of sp³-hybridized carbons (Fsp3) is 0.0588. The number of aromatic nitrogens is 6. The van der Waals surface area contributed by atoms with E-state index >= 15 is 0 Å². The molecule has 3 N–H and O–H groups in total. The molecular weight excluding hydrogens is 382 g/mol. The Balaban J connectivity index is 1.56. The molecule has 1 aromatic carbocycles. The van der Waals surface area contributed by atoms with Crippen LogP contribution in [0.25, 0.3) is 22.9 Å². The number of nitrogens with one attached hydrogen (secondary N) is 3. The van der Waals surface area contributed by atoms with E-state index in [2.05, 4.69) is 51.6 Å². The van der Waals surface area contributed by atoms with Crippen molar-refractivity contribution in [2.75, 3.05) is 5.32 Å². The van der Waals surface area contributed by atoms with Crippen LogP contribution in [0.2, 0.25) is 0 Å². The molecule has 4 rings (SSSR count). The minimum Gasteiger partial charge on any atom is -0.378 e. The highest BCUT2D eigenvalue weighted by atomic mass is 79.9. The van der Waals surface area contributed by atoms with E-state index in [-0.39, 0.29) is 0 Å². The number of rotatable bonds is 5. The van der Waals surface area contributed by atoms with E-state index in [0.29, 0.717) is 18.2 Å². The monoisotopic (exact) mass is 395 g/mol. The summed E-state index contributed by atoms with van der Waals surface area (Å²) in [6.45, 7) is 0.668. The summed E-state index contributed by atoms with van der Waals surface area (Å²) in [5.41, 5.74) is 3.69. The summed E-state index contributed by atoms with van der Waals surface area (Å²) in [7, 11) is 0. The minimum absolute atomic E-state index is 0.629. The van der Waals surface area contributed by atoms with Crippen LogP contribution in [0.15, 0.2) is 59.5 Å². The third-order valence-corrected chi connectivity index (χ3v) is 4.17. The van der Waals surface area contributed by atoms with Gasteiger partial charge in [0, 0.05) is 29.0 Å². The molecule has 7 nitrogen and oxygen atoms in total. The molecule has 0 bridgehead atoms. The largest absolute Gasteiger partial charge is 0.378 e. The lowest BCUT2D eigenvalue weighted by Gasteiger charge is -2.05. The Hall–Kier alpha value is -3.00. The van der Waals surface area contributed by atoms with Gasteiger partial charge in [-0.3, -0.25) is 15.2 Å². The first kappa shape index (κ1) is 15.5. The summed E-state index contributed by atoms with van der Waals surface area (Å²) >= 11 is 3.46. The van der Waals surface area contributed by atoms with E-state index in [1.54, 1.807) is 18.6 Å². The molecule has 0 amide bonds. The zero-order valence-electron chi connectivity index (χ0n) is 13.1. The second-order valence-electron chi connectivity index (χ2n) is 5.39. The van der Waals surface area contributed by atoms with Gasteiger partial charge < -0.3 is 5.32 Å². The highest BCUT2D eigenvalue weighted by molar-refractivity contribution is 9.10. The van der Waals surface area contributed by atoms with E-state index in [0.717, 1.165) is 27.0 Å². The predicted molar refractivity (Wildman–Crippen MR) is 98.7 cm³/mol. The summed E-state index contributed by atoms with van der Waals surface area (Å²) in [6.07, 6.45) is 5.28. The lowest BCUT2D eigenvalue weighted by molar-refractivity contribution is 1.05. The van der Waals surface area contributed by atoms with Crippen LogP contribution >= 0.6 is 15.9 Å². The molecule has 0 saturated carbocycles. The Kier molecular flexibility index (Phi) is 4.26. The number of pyridine rings is 1. The Morgan fingerprint density at radius 2 is 1.96 bits per heavy atom. The van der Waals surface area contributed by atoms with Gasteiger partial charge in [0.05, 0.1) is 11.9 Å². The summed E-state index contributed by atoms with van der Waals surface area (Å²) in [5.74, 6) is 1.26. The van der Waals surface area contributed by atoms with Crippen molar-refractivity contribution in [2.24, 2.45) is 0 Å². The molecule has 3 heterocycles. The topological polar surface area (TPSA) is 95.2 Å². The summed E-state index contributed by atoms with van der Waals surface area (Å²) in [5, 5.41) is 17.7. The van der Waals surface area contributed by atoms with Crippen molar-refractivity contribution in [3.63, 3.8) is 0 Å². The standard InChI is InChI=1S/C17H14BrN7/c18-13-3-1-2-12(8-13)16-22-17(25-24-16)15-14(10-21-23-15)20-9-11-4-6-19-7-5-11/h1-8,10,20H,9H2,(H,21,23)(H,22,24,25). The molecule has 0 unspecified atom stereocenters. The molecule has 0 spiro atoms. The number of anilines is 1. The molecule has 0 saturated heterocycles. The average Bonchev–Trinajstić information content (AvgIpc) is 3.30. The third kappa shape index (κ3) is 3.43. The third-order valence-electron chi connectivity index (χ3n) is 3.68. The van der Waals surface area contributed by atoms with Crippen LogP contribution < -0.4 is 5.32 Å². The number of hydrogen-bond acceptors (Lipinski definition) is 5. The van der Waals surface area contributed by atoms with Crippen LogP contribution in [0.1, 0.15) is 5.56 Å². The first-order valence-electron chi connectivity index (χ1n) is 7.64. The van der Waals surface area contributed by atoms with Gasteiger partial charge >= 0.3 is 0 Å². The van der Waals surface area contributed by atoms with Crippen LogP contribution in [0.4, 0.5) is 5.69 Å². The lowest BCUT2D eigenvalue weighted by Crippen LogP contribution is -2.00.